The van der Waals surface area contributed by atoms with Crippen LogP contribution < -0.4 is 4.74 Å². The SMILES string of the molecule is Cc1ccc(OCc2ccc(C=C[N+](=O)[O-])cc2)nc1. The molecule has 5 heteroatoms. The minimum Gasteiger partial charge on any atom is -0.473 e. The first-order valence-electron chi connectivity index (χ1n) is 6.09. The van der Waals surface area contributed by atoms with Crippen LogP contribution in [0.15, 0.2) is 48.8 Å². The van der Waals surface area contributed by atoms with Crippen molar-refractivity contribution in [3.05, 3.63) is 75.6 Å². The number of aromatic nitrogens is 1. The number of benzene rings is 1. The molecular formula is C15H14N2O3. The van der Waals surface area contributed by atoms with E-state index < -0.39 is 4.92 Å². The largest absolute Gasteiger partial charge is 0.473 e. The summed E-state index contributed by atoms with van der Waals surface area (Å²) in [7, 11) is 0. The molecule has 0 bridgehead atoms. The van der Waals surface area contributed by atoms with E-state index in [4.69, 9.17) is 4.74 Å². The van der Waals surface area contributed by atoms with Crippen LogP contribution in [0, 0.1) is 17.0 Å². The maximum atomic E-state index is 10.2. The first kappa shape index (κ1) is 13.7. The Labute approximate surface area is 116 Å². The average molecular weight is 270 g/mol. The Balaban J connectivity index is 1.93. The van der Waals surface area contributed by atoms with Crippen molar-refractivity contribution in [2.45, 2.75) is 13.5 Å². The molecule has 1 aromatic heterocycles. The van der Waals surface area contributed by atoms with E-state index in [0.717, 1.165) is 22.9 Å². The molecule has 20 heavy (non-hydrogen) atoms. The van der Waals surface area contributed by atoms with Crippen LogP contribution in [0.1, 0.15) is 16.7 Å². The first-order chi connectivity index (χ1) is 9.63. The van der Waals surface area contributed by atoms with Gasteiger partial charge >= 0.3 is 0 Å². The predicted octanol–water partition coefficient (Wildman–Crippen LogP) is 3.22. The third kappa shape index (κ3) is 4.20. The fraction of sp³-hybridized carbons (Fsp3) is 0.133. The molecule has 0 spiro atoms. The van der Waals surface area contributed by atoms with Gasteiger partial charge in [-0.05, 0) is 23.6 Å². The lowest BCUT2D eigenvalue weighted by molar-refractivity contribution is -0.400. The lowest BCUT2D eigenvalue weighted by atomic mass is 10.1. The van der Waals surface area contributed by atoms with Gasteiger partial charge in [0, 0.05) is 18.3 Å². The van der Waals surface area contributed by atoms with E-state index in [9.17, 15) is 10.1 Å². The van der Waals surface area contributed by atoms with Crippen LogP contribution in [-0.4, -0.2) is 9.91 Å². The Morgan fingerprint density at radius 2 is 2.00 bits per heavy atom. The molecule has 0 aliphatic rings. The van der Waals surface area contributed by atoms with Crippen molar-refractivity contribution in [1.82, 2.24) is 4.98 Å². The highest BCUT2D eigenvalue weighted by atomic mass is 16.6. The quantitative estimate of drug-likeness (QED) is 0.618. The van der Waals surface area contributed by atoms with Crippen LogP contribution >= 0.6 is 0 Å². The zero-order valence-electron chi connectivity index (χ0n) is 11.0. The molecule has 102 valence electrons. The summed E-state index contributed by atoms with van der Waals surface area (Å²) in [6.45, 7) is 2.38. The molecule has 0 saturated heterocycles. The molecule has 0 atom stereocenters. The van der Waals surface area contributed by atoms with Crippen molar-refractivity contribution >= 4 is 6.08 Å². The monoisotopic (exact) mass is 270 g/mol. The Morgan fingerprint density at radius 3 is 2.60 bits per heavy atom. The van der Waals surface area contributed by atoms with Crippen LogP contribution in [0.4, 0.5) is 0 Å². The Morgan fingerprint density at radius 1 is 1.25 bits per heavy atom. The van der Waals surface area contributed by atoms with E-state index in [1.54, 1.807) is 18.3 Å². The summed E-state index contributed by atoms with van der Waals surface area (Å²) in [5.74, 6) is 0.577. The van der Waals surface area contributed by atoms with Crippen molar-refractivity contribution in [3.63, 3.8) is 0 Å². The van der Waals surface area contributed by atoms with E-state index in [-0.39, 0.29) is 0 Å². The number of hydrogen-bond acceptors (Lipinski definition) is 4. The summed E-state index contributed by atoms with van der Waals surface area (Å²) in [4.78, 5) is 13.9. The van der Waals surface area contributed by atoms with E-state index >= 15 is 0 Å². The van der Waals surface area contributed by atoms with Crippen LogP contribution in [-0.2, 0) is 6.61 Å². The second kappa shape index (κ2) is 6.47. The van der Waals surface area contributed by atoms with Crippen molar-refractivity contribution in [2.75, 3.05) is 0 Å². The zero-order chi connectivity index (χ0) is 14.4. The molecule has 0 aliphatic heterocycles. The highest BCUT2D eigenvalue weighted by Gasteiger charge is 1.98. The van der Waals surface area contributed by atoms with E-state index in [1.165, 1.54) is 6.08 Å². The Hall–Kier alpha value is -2.69. The lowest BCUT2D eigenvalue weighted by Gasteiger charge is -2.05. The van der Waals surface area contributed by atoms with E-state index in [0.29, 0.717) is 12.5 Å². The molecule has 1 heterocycles. The molecular weight excluding hydrogens is 256 g/mol. The summed E-state index contributed by atoms with van der Waals surface area (Å²) in [5.41, 5.74) is 2.84. The van der Waals surface area contributed by atoms with Crippen molar-refractivity contribution in [3.8, 4) is 5.88 Å². The van der Waals surface area contributed by atoms with Crippen LogP contribution in [0.3, 0.4) is 0 Å². The van der Waals surface area contributed by atoms with Crippen molar-refractivity contribution in [2.24, 2.45) is 0 Å². The molecule has 2 aromatic rings. The fourth-order valence-corrected chi connectivity index (χ4v) is 1.57. The standard InChI is InChI=1S/C15H14N2O3/c1-12-2-7-15(16-10-12)20-11-14-5-3-13(4-6-14)8-9-17(18)19/h2-10H,11H2,1H3. The van der Waals surface area contributed by atoms with Gasteiger partial charge in [-0.3, -0.25) is 10.1 Å². The van der Waals surface area contributed by atoms with Gasteiger partial charge in [0.2, 0.25) is 12.1 Å². The number of rotatable bonds is 5. The number of aryl methyl sites for hydroxylation is 1. The molecule has 5 nitrogen and oxygen atoms in total. The molecule has 0 N–H and O–H groups in total. The number of nitrogens with zero attached hydrogens (tertiary/aromatic N) is 2. The number of hydrogen-bond donors (Lipinski definition) is 0. The summed E-state index contributed by atoms with van der Waals surface area (Å²) in [6, 6.07) is 11.1. The fourth-order valence-electron chi connectivity index (χ4n) is 1.57. The molecule has 0 saturated carbocycles. The van der Waals surface area contributed by atoms with Gasteiger partial charge in [0.05, 0.1) is 4.92 Å². The molecule has 0 amide bonds. The molecule has 0 fully saturated rings. The maximum Gasteiger partial charge on any atom is 0.235 e. The topological polar surface area (TPSA) is 65.3 Å². The second-order valence-electron chi connectivity index (χ2n) is 4.31. The number of nitro groups is 1. The molecule has 0 unspecified atom stereocenters. The minimum atomic E-state index is -0.486. The summed E-state index contributed by atoms with van der Waals surface area (Å²) < 4.78 is 5.55. The second-order valence-corrected chi connectivity index (χ2v) is 4.31. The van der Waals surface area contributed by atoms with Gasteiger partial charge in [0.1, 0.15) is 6.61 Å². The minimum absolute atomic E-state index is 0.412. The summed E-state index contributed by atoms with van der Waals surface area (Å²) in [5, 5.41) is 10.2. The van der Waals surface area contributed by atoms with Crippen molar-refractivity contribution < 1.29 is 9.66 Å². The van der Waals surface area contributed by atoms with Gasteiger partial charge in [-0.25, -0.2) is 4.98 Å². The molecule has 2 rings (SSSR count). The first-order valence-corrected chi connectivity index (χ1v) is 6.09. The Bertz CT molecular complexity index is 604. The average Bonchev–Trinajstić information content (AvgIpc) is 2.45. The molecule has 0 aliphatic carbocycles. The van der Waals surface area contributed by atoms with Gasteiger partial charge < -0.3 is 4.74 Å². The summed E-state index contributed by atoms with van der Waals surface area (Å²) in [6.07, 6.45) is 4.12. The Kier molecular flexibility index (Phi) is 4.44. The van der Waals surface area contributed by atoms with E-state index in [2.05, 4.69) is 4.98 Å². The number of ether oxygens (including phenoxy) is 1. The number of pyridine rings is 1. The van der Waals surface area contributed by atoms with Gasteiger partial charge in [-0.15, -0.1) is 0 Å². The normalized spacial score (nSPS) is 10.7. The predicted molar refractivity (Wildman–Crippen MR) is 75.8 cm³/mol. The van der Waals surface area contributed by atoms with Crippen LogP contribution in [0.5, 0.6) is 5.88 Å². The molecule has 1 aromatic carbocycles. The smallest absolute Gasteiger partial charge is 0.235 e. The van der Waals surface area contributed by atoms with Gasteiger partial charge in [-0.1, -0.05) is 30.3 Å². The van der Waals surface area contributed by atoms with Crippen LogP contribution in [0.2, 0.25) is 0 Å². The van der Waals surface area contributed by atoms with Gasteiger partial charge in [0.25, 0.3) is 0 Å². The lowest BCUT2D eigenvalue weighted by Crippen LogP contribution is -1.97. The van der Waals surface area contributed by atoms with Gasteiger partial charge in [0.15, 0.2) is 0 Å². The van der Waals surface area contributed by atoms with Crippen LogP contribution in [0.25, 0.3) is 6.08 Å². The highest BCUT2D eigenvalue weighted by molar-refractivity contribution is 5.48. The maximum absolute atomic E-state index is 10.2. The molecule has 0 radical (unpaired) electrons. The third-order valence-corrected chi connectivity index (χ3v) is 2.64. The van der Waals surface area contributed by atoms with Crippen molar-refractivity contribution in [1.29, 1.82) is 0 Å². The van der Waals surface area contributed by atoms with Gasteiger partial charge in [-0.2, -0.15) is 0 Å². The van der Waals surface area contributed by atoms with E-state index in [1.807, 2.05) is 31.2 Å². The summed E-state index contributed by atoms with van der Waals surface area (Å²) >= 11 is 0. The highest BCUT2D eigenvalue weighted by Crippen LogP contribution is 2.11. The third-order valence-electron chi connectivity index (χ3n) is 2.64. The zero-order valence-corrected chi connectivity index (χ0v) is 11.0.